The molecule has 0 aliphatic carbocycles. The summed E-state index contributed by atoms with van der Waals surface area (Å²) >= 11 is 0. The lowest BCUT2D eigenvalue weighted by Crippen LogP contribution is -2.51. The highest BCUT2D eigenvalue weighted by molar-refractivity contribution is 5.94. The number of pyridine rings is 1. The van der Waals surface area contributed by atoms with Crippen LogP contribution in [0.1, 0.15) is 23.2 Å². The average molecular weight is 332 g/mol. The number of piperazine rings is 1. The van der Waals surface area contributed by atoms with Crippen LogP contribution in [0.25, 0.3) is 0 Å². The number of aromatic nitrogens is 1. The first-order chi connectivity index (χ1) is 11.7. The van der Waals surface area contributed by atoms with Crippen molar-refractivity contribution < 1.29 is 14.3 Å². The molecule has 2 saturated heterocycles. The SMILES string of the molecule is COc1ccc(C(=O)N2CCN(CC(=O)N3CCCC3)CC2)cn1. The van der Waals surface area contributed by atoms with Crippen molar-refractivity contribution >= 4 is 11.8 Å². The molecule has 3 rings (SSSR count). The maximum absolute atomic E-state index is 12.5. The van der Waals surface area contributed by atoms with Gasteiger partial charge in [0.15, 0.2) is 0 Å². The van der Waals surface area contributed by atoms with Crippen molar-refractivity contribution in [3.05, 3.63) is 23.9 Å². The molecule has 0 aromatic carbocycles. The molecule has 0 saturated carbocycles. The van der Waals surface area contributed by atoms with Crippen LogP contribution in [-0.4, -0.2) is 84.4 Å². The Morgan fingerprint density at radius 2 is 1.75 bits per heavy atom. The molecular formula is C17H24N4O3. The van der Waals surface area contributed by atoms with E-state index in [1.54, 1.807) is 25.4 Å². The summed E-state index contributed by atoms with van der Waals surface area (Å²) in [5.74, 6) is 0.694. The van der Waals surface area contributed by atoms with Gasteiger partial charge in [0.2, 0.25) is 11.8 Å². The summed E-state index contributed by atoms with van der Waals surface area (Å²) in [6.45, 7) is 4.98. The number of carbonyl (C=O) groups is 2. The largest absolute Gasteiger partial charge is 0.481 e. The lowest BCUT2D eigenvalue weighted by atomic mass is 10.2. The Morgan fingerprint density at radius 1 is 1.04 bits per heavy atom. The van der Waals surface area contributed by atoms with Gasteiger partial charge in [-0.05, 0) is 18.9 Å². The Balaban J connectivity index is 1.48. The number of ether oxygens (including phenoxy) is 1. The third kappa shape index (κ3) is 3.84. The predicted molar refractivity (Wildman–Crippen MR) is 88.9 cm³/mol. The summed E-state index contributed by atoms with van der Waals surface area (Å²) in [7, 11) is 1.55. The van der Waals surface area contributed by atoms with E-state index in [9.17, 15) is 9.59 Å². The minimum atomic E-state index is -0.0179. The number of hydrogen-bond acceptors (Lipinski definition) is 5. The molecule has 0 radical (unpaired) electrons. The highest BCUT2D eigenvalue weighted by Gasteiger charge is 2.25. The van der Waals surface area contributed by atoms with Crippen LogP contribution in [-0.2, 0) is 4.79 Å². The summed E-state index contributed by atoms with van der Waals surface area (Å²) in [4.78, 5) is 34.7. The fraction of sp³-hybridized carbons (Fsp3) is 0.588. The molecule has 0 spiro atoms. The van der Waals surface area contributed by atoms with Crippen molar-refractivity contribution in [2.75, 3.05) is 52.9 Å². The minimum absolute atomic E-state index is 0.0179. The van der Waals surface area contributed by atoms with E-state index in [0.29, 0.717) is 31.1 Å². The van der Waals surface area contributed by atoms with Crippen molar-refractivity contribution in [1.29, 1.82) is 0 Å². The van der Waals surface area contributed by atoms with Crippen molar-refractivity contribution in [2.24, 2.45) is 0 Å². The standard InChI is InChI=1S/C17H24N4O3/c1-24-15-5-4-14(12-18-15)17(23)21-10-8-19(9-11-21)13-16(22)20-6-2-3-7-20/h4-5,12H,2-3,6-11,13H2,1H3. The molecular weight excluding hydrogens is 308 g/mol. The molecule has 3 heterocycles. The van der Waals surface area contributed by atoms with Crippen LogP contribution in [0.2, 0.25) is 0 Å². The highest BCUT2D eigenvalue weighted by atomic mass is 16.5. The summed E-state index contributed by atoms with van der Waals surface area (Å²) in [6, 6.07) is 3.43. The number of hydrogen-bond donors (Lipinski definition) is 0. The minimum Gasteiger partial charge on any atom is -0.481 e. The van der Waals surface area contributed by atoms with Crippen LogP contribution in [0.15, 0.2) is 18.3 Å². The van der Waals surface area contributed by atoms with E-state index in [0.717, 1.165) is 39.0 Å². The van der Waals surface area contributed by atoms with Crippen molar-refractivity contribution in [1.82, 2.24) is 19.7 Å². The van der Waals surface area contributed by atoms with Gasteiger partial charge in [-0.1, -0.05) is 0 Å². The molecule has 0 N–H and O–H groups in total. The molecule has 1 aromatic heterocycles. The molecule has 2 amide bonds. The van der Waals surface area contributed by atoms with Crippen LogP contribution in [0.5, 0.6) is 5.88 Å². The molecule has 7 heteroatoms. The molecule has 2 aliphatic heterocycles. The van der Waals surface area contributed by atoms with E-state index in [4.69, 9.17) is 4.74 Å². The first-order valence-corrected chi connectivity index (χ1v) is 8.47. The zero-order valence-corrected chi connectivity index (χ0v) is 14.1. The van der Waals surface area contributed by atoms with Crippen molar-refractivity contribution in [3.63, 3.8) is 0 Å². The fourth-order valence-electron chi connectivity index (χ4n) is 3.18. The monoisotopic (exact) mass is 332 g/mol. The molecule has 0 atom stereocenters. The zero-order chi connectivity index (χ0) is 16.9. The van der Waals surface area contributed by atoms with E-state index < -0.39 is 0 Å². The van der Waals surface area contributed by atoms with Gasteiger partial charge in [-0.2, -0.15) is 0 Å². The maximum atomic E-state index is 12.5. The van der Waals surface area contributed by atoms with Gasteiger partial charge in [0, 0.05) is 51.5 Å². The Labute approximate surface area is 142 Å². The Kier molecular flexibility index (Phi) is 5.30. The Bertz CT molecular complexity index is 576. The van der Waals surface area contributed by atoms with E-state index in [2.05, 4.69) is 9.88 Å². The topological polar surface area (TPSA) is 66.0 Å². The summed E-state index contributed by atoms with van der Waals surface area (Å²) in [6.07, 6.45) is 3.78. The number of amides is 2. The van der Waals surface area contributed by atoms with E-state index in [1.807, 2.05) is 9.80 Å². The second-order valence-corrected chi connectivity index (χ2v) is 6.25. The summed E-state index contributed by atoms with van der Waals surface area (Å²) < 4.78 is 5.01. The van der Waals surface area contributed by atoms with Crippen LogP contribution in [0, 0.1) is 0 Å². The van der Waals surface area contributed by atoms with Crippen LogP contribution in [0.3, 0.4) is 0 Å². The summed E-state index contributed by atoms with van der Waals surface area (Å²) in [5.41, 5.74) is 0.567. The van der Waals surface area contributed by atoms with Gasteiger partial charge < -0.3 is 14.5 Å². The molecule has 2 fully saturated rings. The highest BCUT2D eigenvalue weighted by Crippen LogP contribution is 2.12. The fourth-order valence-corrected chi connectivity index (χ4v) is 3.18. The molecule has 130 valence electrons. The molecule has 2 aliphatic rings. The van der Waals surface area contributed by atoms with Gasteiger partial charge in [0.1, 0.15) is 0 Å². The molecule has 0 unspecified atom stereocenters. The third-order valence-corrected chi connectivity index (χ3v) is 4.67. The first-order valence-electron chi connectivity index (χ1n) is 8.47. The second-order valence-electron chi connectivity index (χ2n) is 6.25. The maximum Gasteiger partial charge on any atom is 0.255 e. The molecule has 24 heavy (non-hydrogen) atoms. The number of carbonyl (C=O) groups excluding carboxylic acids is 2. The van der Waals surface area contributed by atoms with Gasteiger partial charge >= 0.3 is 0 Å². The number of methoxy groups -OCH3 is 1. The zero-order valence-electron chi connectivity index (χ0n) is 14.1. The van der Waals surface area contributed by atoms with E-state index in [-0.39, 0.29) is 11.8 Å². The second kappa shape index (κ2) is 7.61. The lowest BCUT2D eigenvalue weighted by Gasteiger charge is -2.35. The average Bonchev–Trinajstić information content (AvgIpc) is 3.17. The number of likely N-dealkylation sites (tertiary alicyclic amines) is 1. The quantitative estimate of drug-likeness (QED) is 0.802. The van der Waals surface area contributed by atoms with E-state index >= 15 is 0 Å². The van der Waals surface area contributed by atoms with Crippen LogP contribution >= 0.6 is 0 Å². The van der Waals surface area contributed by atoms with Crippen molar-refractivity contribution in [2.45, 2.75) is 12.8 Å². The molecule has 7 nitrogen and oxygen atoms in total. The lowest BCUT2D eigenvalue weighted by molar-refractivity contribution is -0.131. The summed E-state index contributed by atoms with van der Waals surface area (Å²) in [5, 5.41) is 0. The van der Waals surface area contributed by atoms with Crippen molar-refractivity contribution in [3.8, 4) is 5.88 Å². The Morgan fingerprint density at radius 3 is 2.33 bits per heavy atom. The predicted octanol–water partition coefficient (Wildman–Crippen LogP) is 0.470. The van der Waals surface area contributed by atoms with Gasteiger partial charge in [0.05, 0.1) is 19.2 Å². The van der Waals surface area contributed by atoms with Gasteiger partial charge in [-0.3, -0.25) is 14.5 Å². The molecule has 0 bridgehead atoms. The number of nitrogens with zero attached hydrogens (tertiary/aromatic N) is 4. The van der Waals surface area contributed by atoms with E-state index in [1.165, 1.54) is 0 Å². The smallest absolute Gasteiger partial charge is 0.255 e. The van der Waals surface area contributed by atoms with Crippen LogP contribution < -0.4 is 4.74 Å². The van der Waals surface area contributed by atoms with Gasteiger partial charge in [-0.15, -0.1) is 0 Å². The van der Waals surface area contributed by atoms with Gasteiger partial charge in [-0.25, -0.2) is 4.98 Å². The van der Waals surface area contributed by atoms with Gasteiger partial charge in [0.25, 0.3) is 5.91 Å². The normalized spacial score (nSPS) is 18.7. The number of rotatable bonds is 4. The molecule has 1 aromatic rings. The van der Waals surface area contributed by atoms with Crippen LogP contribution in [0.4, 0.5) is 0 Å². The third-order valence-electron chi connectivity index (χ3n) is 4.67. The first kappa shape index (κ1) is 16.7. The Hall–Kier alpha value is -2.15.